The van der Waals surface area contributed by atoms with Gasteiger partial charge in [-0.3, -0.25) is 9.20 Å². The number of aromatic nitrogens is 2. The number of anilines is 1. The Hall–Kier alpha value is -2.33. The molecule has 0 saturated heterocycles. The van der Waals surface area contributed by atoms with Crippen molar-refractivity contribution in [2.24, 2.45) is 0 Å². The maximum absolute atomic E-state index is 12.7. The summed E-state index contributed by atoms with van der Waals surface area (Å²) in [7, 11) is 0. The number of nitrogens with one attached hydrogen (secondary N) is 1. The standard InChI is InChI=1S/C17H16ClN3O/c1-3-13-16(21-10-11(2)8-9-15(21)19-13)17(22)20-14-7-5-4-6-12(14)18/h4-10H,3H2,1-2H3,(H,20,22). The number of para-hydroxylation sites is 1. The van der Waals surface area contributed by atoms with Crippen LogP contribution in [-0.2, 0) is 6.42 Å². The fourth-order valence-electron chi connectivity index (χ4n) is 2.43. The van der Waals surface area contributed by atoms with E-state index in [0.29, 0.717) is 22.8 Å². The quantitative estimate of drug-likeness (QED) is 0.791. The van der Waals surface area contributed by atoms with E-state index in [1.54, 1.807) is 12.1 Å². The van der Waals surface area contributed by atoms with E-state index >= 15 is 0 Å². The van der Waals surface area contributed by atoms with Crippen molar-refractivity contribution in [3.05, 3.63) is 64.6 Å². The third kappa shape index (κ3) is 2.57. The van der Waals surface area contributed by atoms with Crippen molar-refractivity contribution in [1.82, 2.24) is 9.38 Å². The molecule has 0 aliphatic carbocycles. The maximum Gasteiger partial charge on any atom is 0.274 e. The first-order chi connectivity index (χ1) is 10.6. The SMILES string of the molecule is CCc1nc2ccc(C)cn2c1C(=O)Nc1ccccc1Cl. The van der Waals surface area contributed by atoms with Crippen molar-refractivity contribution in [3.63, 3.8) is 0 Å². The highest BCUT2D eigenvalue weighted by molar-refractivity contribution is 6.33. The molecule has 112 valence electrons. The van der Waals surface area contributed by atoms with Gasteiger partial charge in [-0.05, 0) is 37.1 Å². The van der Waals surface area contributed by atoms with Gasteiger partial charge in [0.15, 0.2) is 0 Å². The van der Waals surface area contributed by atoms with Crippen LogP contribution in [0.5, 0.6) is 0 Å². The number of aryl methyl sites for hydroxylation is 2. The lowest BCUT2D eigenvalue weighted by Crippen LogP contribution is -2.16. The molecule has 3 aromatic rings. The third-order valence-corrected chi connectivity index (χ3v) is 3.84. The third-order valence-electron chi connectivity index (χ3n) is 3.51. The van der Waals surface area contributed by atoms with E-state index in [2.05, 4.69) is 10.3 Å². The average molecular weight is 314 g/mol. The summed E-state index contributed by atoms with van der Waals surface area (Å²) in [5.41, 5.74) is 3.77. The Morgan fingerprint density at radius 1 is 1.27 bits per heavy atom. The van der Waals surface area contributed by atoms with Crippen molar-refractivity contribution in [2.75, 3.05) is 5.32 Å². The van der Waals surface area contributed by atoms with Gasteiger partial charge in [0.25, 0.3) is 5.91 Å². The van der Waals surface area contributed by atoms with Gasteiger partial charge in [0.05, 0.1) is 16.4 Å². The molecule has 0 unspecified atom stereocenters. The zero-order chi connectivity index (χ0) is 15.7. The lowest BCUT2D eigenvalue weighted by molar-refractivity contribution is 0.102. The Morgan fingerprint density at radius 3 is 2.77 bits per heavy atom. The molecule has 3 rings (SSSR count). The predicted octanol–water partition coefficient (Wildman–Crippen LogP) is 4.11. The summed E-state index contributed by atoms with van der Waals surface area (Å²) in [6.45, 7) is 3.97. The summed E-state index contributed by atoms with van der Waals surface area (Å²) in [6.07, 6.45) is 2.61. The zero-order valence-corrected chi connectivity index (χ0v) is 13.2. The second kappa shape index (κ2) is 5.81. The summed E-state index contributed by atoms with van der Waals surface area (Å²) in [6, 6.07) is 11.1. The highest BCUT2D eigenvalue weighted by atomic mass is 35.5. The van der Waals surface area contributed by atoms with Gasteiger partial charge in [-0.1, -0.05) is 36.7 Å². The van der Waals surface area contributed by atoms with Gasteiger partial charge in [0.2, 0.25) is 0 Å². The van der Waals surface area contributed by atoms with Crippen LogP contribution in [0, 0.1) is 6.92 Å². The number of carbonyl (C=O) groups excluding carboxylic acids is 1. The van der Waals surface area contributed by atoms with E-state index in [9.17, 15) is 4.79 Å². The van der Waals surface area contributed by atoms with Gasteiger partial charge in [0, 0.05) is 6.20 Å². The monoisotopic (exact) mass is 313 g/mol. The highest BCUT2D eigenvalue weighted by Gasteiger charge is 2.19. The van der Waals surface area contributed by atoms with Gasteiger partial charge >= 0.3 is 0 Å². The lowest BCUT2D eigenvalue weighted by Gasteiger charge is -2.08. The second-order valence-corrected chi connectivity index (χ2v) is 5.54. The van der Waals surface area contributed by atoms with E-state index in [1.165, 1.54) is 0 Å². The molecule has 0 fully saturated rings. The van der Waals surface area contributed by atoms with Gasteiger partial charge in [0.1, 0.15) is 11.3 Å². The minimum Gasteiger partial charge on any atom is -0.319 e. The Morgan fingerprint density at radius 2 is 2.05 bits per heavy atom. The van der Waals surface area contributed by atoms with E-state index in [-0.39, 0.29) is 5.91 Å². The van der Waals surface area contributed by atoms with Gasteiger partial charge in [-0.25, -0.2) is 4.98 Å². The molecule has 0 radical (unpaired) electrons. The van der Waals surface area contributed by atoms with Crippen LogP contribution in [0.15, 0.2) is 42.6 Å². The molecule has 4 nitrogen and oxygen atoms in total. The maximum atomic E-state index is 12.7. The van der Waals surface area contributed by atoms with E-state index in [4.69, 9.17) is 11.6 Å². The summed E-state index contributed by atoms with van der Waals surface area (Å²) in [5.74, 6) is -0.206. The molecular formula is C17H16ClN3O. The number of rotatable bonds is 3. The van der Waals surface area contributed by atoms with Crippen LogP contribution < -0.4 is 5.32 Å². The molecule has 5 heteroatoms. The van der Waals surface area contributed by atoms with Gasteiger partial charge < -0.3 is 5.32 Å². The Balaban J connectivity index is 2.06. The summed E-state index contributed by atoms with van der Waals surface area (Å²) in [4.78, 5) is 17.2. The number of benzene rings is 1. The molecular weight excluding hydrogens is 298 g/mol. The largest absolute Gasteiger partial charge is 0.319 e. The number of hydrogen-bond acceptors (Lipinski definition) is 2. The van der Waals surface area contributed by atoms with Crippen LogP contribution in [-0.4, -0.2) is 15.3 Å². The van der Waals surface area contributed by atoms with Crippen LogP contribution in [0.2, 0.25) is 5.02 Å². The van der Waals surface area contributed by atoms with Gasteiger partial charge in [-0.2, -0.15) is 0 Å². The topological polar surface area (TPSA) is 46.4 Å². The van der Waals surface area contributed by atoms with Crippen LogP contribution in [0.4, 0.5) is 5.69 Å². The first kappa shape index (κ1) is 14.6. The Labute approximate surface area is 133 Å². The molecule has 0 aliphatic rings. The number of amides is 1. The van der Waals surface area contributed by atoms with Crippen LogP contribution >= 0.6 is 11.6 Å². The molecule has 0 atom stereocenters. The minimum absolute atomic E-state index is 0.206. The van der Waals surface area contributed by atoms with Crippen molar-refractivity contribution in [1.29, 1.82) is 0 Å². The molecule has 1 aromatic carbocycles. The van der Waals surface area contributed by atoms with E-state index in [1.807, 2.05) is 48.7 Å². The molecule has 1 N–H and O–H groups in total. The van der Waals surface area contributed by atoms with E-state index in [0.717, 1.165) is 16.9 Å². The number of hydrogen-bond donors (Lipinski definition) is 1. The molecule has 2 aromatic heterocycles. The number of pyridine rings is 1. The van der Waals surface area contributed by atoms with Crippen molar-refractivity contribution in [3.8, 4) is 0 Å². The summed E-state index contributed by atoms with van der Waals surface area (Å²) >= 11 is 6.11. The number of fused-ring (bicyclic) bond motifs is 1. The number of nitrogens with zero attached hydrogens (tertiary/aromatic N) is 2. The normalized spacial score (nSPS) is 10.9. The molecule has 2 heterocycles. The van der Waals surface area contributed by atoms with E-state index < -0.39 is 0 Å². The fourth-order valence-corrected chi connectivity index (χ4v) is 2.61. The van der Waals surface area contributed by atoms with Crippen molar-refractivity contribution >= 4 is 28.8 Å². The van der Waals surface area contributed by atoms with Crippen LogP contribution in [0.1, 0.15) is 28.7 Å². The molecule has 0 bridgehead atoms. The Kier molecular flexibility index (Phi) is 3.86. The smallest absolute Gasteiger partial charge is 0.274 e. The second-order valence-electron chi connectivity index (χ2n) is 5.13. The molecule has 0 spiro atoms. The molecule has 1 amide bonds. The number of carbonyl (C=O) groups is 1. The molecule has 0 saturated carbocycles. The zero-order valence-electron chi connectivity index (χ0n) is 12.4. The summed E-state index contributed by atoms with van der Waals surface area (Å²) < 4.78 is 1.83. The molecule has 0 aliphatic heterocycles. The van der Waals surface area contributed by atoms with Crippen molar-refractivity contribution < 1.29 is 4.79 Å². The number of imidazole rings is 1. The van der Waals surface area contributed by atoms with Crippen LogP contribution in [0.25, 0.3) is 5.65 Å². The Bertz CT molecular complexity index is 854. The fraction of sp³-hybridized carbons (Fsp3) is 0.176. The lowest BCUT2D eigenvalue weighted by atomic mass is 10.2. The molecule has 22 heavy (non-hydrogen) atoms. The summed E-state index contributed by atoms with van der Waals surface area (Å²) in [5, 5.41) is 3.38. The predicted molar refractivity (Wildman–Crippen MR) is 88.7 cm³/mol. The highest BCUT2D eigenvalue weighted by Crippen LogP contribution is 2.22. The average Bonchev–Trinajstić information content (AvgIpc) is 2.87. The van der Waals surface area contributed by atoms with Crippen LogP contribution in [0.3, 0.4) is 0 Å². The minimum atomic E-state index is -0.206. The van der Waals surface area contributed by atoms with Crippen molar-refractivity contribution in [2.45, 2.75) is 20.3 Å². The first-order valence-corrected chi connectivity index (χ1v) is 7.51. The van der Waals surface area contributed by atoms with Gasteiger partial charge in [-0.15, -0.1) is 0 Å². The first-order valence-electron chi connectivity index (χ1n) is 7.13. The number of halogens is 1.